The molecule has 0 spiro atoms. The van der Waals surface area contributed by atoms with E-state index in [1.54, 1.807) is 10.9 Å². The third kappa shape index (κ3) is 3.69. The maximum atomic E-state index is 11.7. The number of carbonyl (C=O) groups is 1. The summed E-state index contributed by atoms with van der Waals surface area (Å²) in [6.45, 7) is 6.42. The summed E-state index contributed by atoms with van der Waals surface area (Å²) in [7, 11) is 0. The molecule has 20 heavy (non-hydrogen) atoms. The van der Waals surface area contributed by atoms with Crippen LogP contribution in [0.2, 0.25) is 0 Å². The van der Waals surface area contributed by atoms with Gasteiger partial charge in [-0.3, -0.25) is 5.32 Å². The fourth-order valence-corrected chi connectivity index (χ4v) is 1.76. The van der Waals surface area contributed by atoms with E-state index in [2.05, 4.69) is 26.1 Å². The third-order valence-corrected chi connectivity index (χ3v) is 2.97. The van der Waals surface area contributed by atoms with Gasteiger partial charge in [-0.25, -0.2) is 9.48 Å². The van der Waals surface area contributed by atoms with Gasteiger partial charge in [0.2, 0.25) is 0 Å². The SMILES string of the molecule is CCC1=NO[C@H](CNC(=O)Nc2cn(C(C)C)nn2)C1. The Morgan fingerprint density at radius 3 is 3.00 bits per heavy atom. The van der Waals surface area contributed by atoms with Gasteiger partial charge in [0.05, 0.1) is 18.5 Å². The van der Waals surface area contributed by atoms with Crippen LogP contribution in [0, 0.1) is 0 Å². The Morgan fingerprint density at radius 2 is 2.40 bits per heavy atom. The van der Waals surface area contributed by atoms with Crippen LogP contribution in [0.4, 0.5) is 10.6 Å². The predicted molar refractivity (Wildman–Crippen MR) is 74.6 cm³/mol. The second kappa shape index (κ2) is 6.36. The molecule has 1 atom stereocenters. The Balaban J connectivity index is 1.73. The minimum atomic E-state index is -0.325. The summed E-state index contributed by atoms with van der Waals surface area (Å²) >= 11 is 0. The lowest BCUT2D eigenvalue weighted by atomic mass is 10.1. The first-order valence-electron chi connectivity index (χ1n) is 6.76. The van der Waals surface area contributed by atoms with Crippen molar-refractivity contribution < 1.29 is 9.63 Å². The number of carbonyl (C=O) groups excluding carboxylic acids is 1. The lowest BCUT2D eigenvalue weighted by Crippen LogP contribution is -2.35. The molecule has 110 valence electrons. The molecule has 2 rings (SSSR count). The summed E-state index contributed by atoms with van der Waals surface area (Å²) in [5.74, 6) is 0.425. The molecule has 0 saturated carbocycles. The largest absolute Gasteiger partial charge is 0.390 e. The molecule has 8 heteroatoms. The summed E-state index contributed by atoms with van der Waals surface area (Å²) in [6.07, 6.45) is 3.25. The van der Waals surface area contributed by atoms with Crippen molar-refractivity contribution in [2.24, 2.45) is 5.16 Å². The number of nitrogens with one attached hydrogen (secondary N) is 2. The summed E-state index contributed by atoms with van der Waals surface area (Å²) in [4.78, 5) is 16.9. The molecule has 1 aromatic heterocycles. The molecule has 1 aromatic rings. The van der Waals surface area contributed by atoms with Crippen LogP contribution >= 0.6 is 0 Å². The Kier molecular flexibility index (Phi) is 4.54. The van der Waals surface area contributed by atoms with Crippen LogP contribution in [-0.2, 0) is 4.84 Å². The van der Waals surface area contributed by atoms with Crippen molar-refractivity contribution in [3.63, 3.8) is 0 Å². The molecule has 0 fully saturated rings. The molecule has 2 heterocycles. The quantitative estimate of drug-likeness (QED) is 0.855. The molecule has 1 aliphatic heterocycles. The Labute approximate surface area is 117 Å². The zero-order valence-electron chi connectivity index (χ0n) is 12.0. The normalized spacial score (nSPS) is 17.8. The van der Waals surface area contributed by atoms with E-state index in [-0.39, 0.29) is 18.2 Å². The Bertz CT molecular complexity index is 496. The standard InChI is InChI=1S/C12H20N6O2/c1-4-9-5-10(20-16-9)6-13-12(19)14-11-7-18(8(2)3)17-15-11/h7-8,10H,4-6H2,1-3H3,(H2,13,14,19)/t10-/m0/s1. The highest BCUT2D eigenvalue weighted by molar-refractivity contribution is 5.88. The van der Waals surface area contributed by atoms with Gasteiger partial charge in [-0.1, -0.05) is 17.3 Å². The van der Waals surface area contributed by atoms with E-state index in [4.69, 9.17) is 4.84 Å². The highest BCUT2D eigenvalue weighted by Crippen LogP contribution is 2.11. The number of aromatic nitrogens is 3. The zero-order chi connectivity index (χ0) is 14.5. The van der Waals surface area contributed by atoms with Crippen LogP contribution in [0.5, 0.6) is 0 Å². The van der Waals surface area contributed by atoms with Crippen LogP contribution in [0.25, 0.3) is 0 Å². The molecule has 1 aliphatic rings. The first kappa shape index (κ1) is 14.3. The second-order valence-electron chi connectivity index (χ2n) is 4.96. The number of urea groups is 1. The second-order valence-corrected chi connectivity index (χ2v) is 4.96. The molecule has 0 aliphatic carbocycles. The average molecular weight is 280 g/mol. The fraction of sp³-hybridized carbons (Fsp3) is 0.667. The lowest BCUT2D eigenvalue weighted by Gasteiger charge is -2.09. The topological polar surface area (TPSA) is 93.4 Å². The van der Waals surface area contributed by atoms with E-state index in [0.29, 0.717) is 12.4 Å². The van der Waals surface area contributed by atoms with Gasteiger partial charge in [-0.05, 0) is 20.3 Å². The first-order valence-corrected chi connectivity index (χ1v) is 6.76. The number of amides is 2. The van der Waals surface area contributed by atoms with Crippen LogP contribution < -0.4 is 10.6 Å². The molecule has 2 amide bonds. The number of oxime groups is 1. The predicted octanol–water partition coefficient (Wildman–Crippen LogP) is 1.54. The van der Waals surface area contributed by atoms with Crippen molar-refractivity contribution in [2.75, 3.05) is 11.9 Å². The van der Waals surface area contributed by atoms with Gasteiger partial charge < -0.3 is 10.2 Å². The minimum Gasteiger partial charge on any atom is -0.390 e. The van der Waals surface area contributed by atoms with Gasteiger partial charge in [0.15, 0.2) is 5.82 Å². The van der Waals surface area contributed by atoms with Gasteiger partial charge in [0.1, 0.15) is 6.10 Å². The van der Waals surface area contributed by atoms with Gasteiger partial charge in [-0.2, -0.15) is 0 Å². The van der Waals surface area contributed by atoms with Crippen molar-refractivity contribution in [3.05, 3.63) is 6.20 Å². The van der Waals surface area contributed by atoms with Gasteiger partial charge >= 0.3 is 6.03 Å². The van der Waals surface area contributed by atoms with Crippen molar-refractivity contribution >= 4 is 17.6 Å². The summed E-state index contributed by atoms with van der Waals surface area (Å²) in [5.41, 5.74) is 1.03. The smallest absolute Gasteiger partial charge is 0.320 e. The minimum absolute atomic E-state index is 0.0814. The molecular weight excluding hydrogens is 260 g/mol. The lowest BCUT2D eigenvalue weighted by molar-refractivity contribution is 0.0869. The zero-order valence-corrected chi connectivity index (χ0v) is 12.0. The maximum absolute atomic E-state index is 11.7. The van der Waals surface area contributed by atoms with Crippen LogP contribution in [0.3, 0.4) is 0 Å². The molecular formula is C12H20N6O2. The summed E-state index contributed by atoms with van der Waals surface area (Å²) in [5, 5.41) is 17.1. The molecule has 8 nitrogen and oxygen atoms in total. The Morgan fingerprint density at radius 1 is 1.60 bits per heavy atom. The van der Waals surface area contributed by atoms with E-state index in [9.17, 15) is 4.79 Å². The van der Waals surface area contributed by atoms with Crippen LogP contribution in [-0.4, -0.2) is 39.4 Å². The maximum Gasteiger partial charge on any atom is 0.320 e. The van der Waals surface area contributed by atoms with E-state index in [1.807, 2.05) is 20.8 Å². The monoisotopic (exact) mass is 280 g/mol. The first-order chi connectivity index (χ1) is 9.58. The average Bonchev–Trinajstić information content (AvgIpc) is 3.04. The highest BCUT2D eigenvalue weighted by Gasteiger charge is 2.20. The van der Waals surface area contributed by atoms with Crippen molar-refractivity contribution in [2.45, 2.75) is 45.8 Å². The number of rotatable bonds is 5. The van der Waals surface area contributed by atoms with E-state index < -0.39 is 0 Å². The number of hydrogen-bond donors (Lipinski definition) is 2. The number of hydrogen-bond acceptors (Lipinski definition) is 5. The molecule has 0 unspecified atom stereocenters. The number of anilines is 1. The molecule has 2 N–H and O–H groups in total. The van der Waals surface area contributed by atoms with Gasteiger partial charge in [0.25, 0.3) is 0 Å². The fourth-order valence-electron chi connectivity index (χ4n) is 1.76. The molecule has 0 aromatic carbocycles. The van der Waals surface area contributed by atoms with E-state index in [1.165, 1.54) is 0 Å². The number of nitrogens with zero attached hydrogens (tertiary/aromatic N) is 4. The highest BCUT2D eigenvalue weighted by atomic mass is 16.6. The van der Waals surface area contributed by atoms with Crippen LogP contribution in [0.1, 0.15) is 39.7 Å². The summed E-state index contributed by atoms with van der Waals surface area (Å²) in [6, 6.07) is -0.119. The van der Waals surface area contributed by atoms with Gasteiger partial charge in [-0.15, -0.1) is 5.10 Å². The van der Waals surface area contributed by atoms with E-state index >= 15 is 0 Å². The van der Waals surface area contributed by atoms with Crippen molar-refractivity contribution in [1.29, 1.82) is 0 Å². The van der Waals surface area contributed by atoms with Gasteiger partial charge in [0, 0.05) is 12.5 Å². The third-order valence-electron chi connectivity index (χ3n) is 2.97. The Hall–Kier alpha value is -2.12. The van der Waals surface area contributed by atoms with Crippen molar-refractivity contribution in [3.8, 4) is 0 Å². The van der Waals surface area contributed by atoms with Crippen LogP contribution in [0.15, 0.2) is 11.4 Å². The molecule has 0 radical (unpaired) electrons. The molecule has 0 bridgehead atoms. The summed E-state index contributed by atoms with van der Waals surface area (Å²) < 4.78 is 1.68. The molecule has 0 saturated heterocycles. The van der Waals surface area contributed by atoms with Crippen molar-refractivity contribution in [1.82, 2.24) is 20.3 Å². The van der Waals surface area contributed by atoms with E-state index in [0.717, 1.165) is 18.6 Å².